The molecular weight excluding hydrogens is 443 g/mol. The van der Waals surface area contributed by atoms with Gasteiger partial charge in [-0.2, -0.15) is 18.2 Å². The molecule has 0 saturated heterocycles. The third-order valence-electron chi connectivity index (χ3n) is 3.93. The molecule has 2 aromatic heterocycles. The van der Waals surface area contributed by atoms with Crippen molar-refractivity contribution in [2.24, 2.45) is 0 Å². The maximum atomic E-state index is 13.3. The normalized spacial score (nSPS) is 11.9. The van der Waals surface area contributed by atoms with Crippen LogP contribution in [0.3, 0.4) is 0 Å². The van der Waals surface area contributed by atoms with Crippen molar-refractivity contribution in [2.75, 3.05) is 25.8 Å². The number of thiazole rings is 1. The summed E-state index contributed by atoms with van der Waals surface area (Å²) in [4.78, 5) is 7.67. The first-order chi connectivity index (χ1) is 14.0. The molecule has 2 heterocycles. The number of anilines is 2. The lowest BCUT2D eigenvalue weighted by atomic mass is 10.2. The topological polar surface area (TPSA) is 90.4 Å². The van der Waals surface area contributed by atoms with Gasteiger partial charge in [-0.1, -0.05) is 0 Å². The number of alkyl halides is 3. The molecule has 160 valence electrons. The summed E-state index contributed by atoms with van der Waals surface area (Å²) < 4.78 is 73.6. The third-order valence-corrected chi connectivity index (χ3v) is 5.84. The molecule has 0 atom stereocenters. The monoisotopic (exact) mass is 459 g/mol. The molecule has 30 heavy (non-hydrogen) atoms. The van der Waals surface area contributed by atoms with Gasteiger partial charge in [0, 0.05) is 35.0 Å². The second-order valence-electron chi connectivity index (χ2n) is 6.08. The van der Waals surface area contributed by atoms with E-state index in [-0.39, 0.29) is 5.69 Å². The molecule has 0 aliphatic heterocycles. The van der Waals surface area contributed by atoms with E-state index in [1.807, 2.05) is 0 Å². The van der Waals surface area contributed by atoms with Gasteiger partial charge in [0.1, 0.15) is 0 Å². The molecule has 1 N–H and O–H groups in total. The van der Waals surface area contributed by atoms with E-state index >= 15 is 0 Å². The molecule has 0 bridgehead atoms. The van der Waals surface area contributed by atoms with E-state index in [0.29, 0.717) is 28.1 Å². The first-order valence-electron chi connectivity index (χ1n) is 8.25. The number of nitrogens with zero attached hydrogens (tertiary/aromatic N) is 2. The van der Waals surface area contributed by atoms with Gasteiger partial charge in [0.15, 0.2) is 15.0 Å². The van der Waals surface area contributed by atoms with Crippen LogP contribution in [0, 0.1) is 0 Å². The molecule has 0 unspecified atom stereocenters. The Kier molecular flexibility index (Phi) is 5.90. The molecule has 0 amide bonds. The Morgan fingerprint density at radius 1 is 1.03 bits per heavy atom. The van der Waals surface area contributed by atoms with Gasteiger partial charge in [-0.15, -0.1) is 11.3 Å². The standard InChI is InChI=1S/C18H16F3N3O4S2/c1-27-15-6-10(7-16(24-15)28-2)13-9-29-17(23-13)22-11-4-5-14(30(3,25)26)12(8-11)18(19,20)21/h4-9H,1-3H3,(H,22,23). The highest BCUT2D eigenvalue weighted by Gasteiger charge is 2.36. The average Bonchev–Trinajstić information content (AvgIpc) is 3.14. The van der Waals surface area contributed by atoms with E-state index in [9.17, 15) is 21.6 Å². The van der Waals surface area contributed by atoms with Crippen molar-refractivity contribution in [3.8, 4) is 23.0 Å². The number of nitrogens with one attached hydrogen (secondary N) is 1. The molecule has 3 aromatic rings. The number of benzene rings is 1. The van der Waals surface area contributed by atoms with Crippen LogP contribution in [-0.4, -0.2) is 38.9 Å². The van der Waals surface area contributed by atoms with Gasteiger partial charge in [-0.3, -0.25) is 0 Å². The van der Waals surface area contributed by atoms with Crippen LogP contribution in [0.2, 0.25) is 0 Å². The van der Waals surface area contributed by atoms with E-state index in [1.54, 1.807) is 17.5 Å². The van der Waals surface area contributed by atoms with Crippen LogP contribution in [0.1, 0.15) is 5.56 Å². The van der Waals surface area contributed by atoms with Crippen LogP contribution in [-0.2, 0) is 16.0 Å². The highest BCUT2D eigenvalue weighted by molar-refractivity contribution is 7.90. The molecule has 12 heteroatoms. The maximum Gasteiger partial charge on any atom is 0.417 e. The van der Waals surface area contributed by atoms with Crippen molar-refractivity contribution in [3.05, 3.63) is 41.3 Å². The summed E-state index contributed by atoms with van der Waals surface area (Å²) in [6.07, 6.45) is -4.09. The van der Waals surface area contributed by atoms with E-state index in [4.69, 9.17) is 9.47 Å². The van der Waals surface area contributed by atoms with Gasteiger partial charge in [0.2, 0.25) is 11.8 Å². The fourth-order valence-corrected chi connectivity index (χ4v) is 4.21. The highest BCUT2D eigenvalue weighted by Crippen LogP contribution is 2.37. The van der Waals surface area contributed by atoms with Gasteiger partial charge in [-0.05, 0) is 18.2 Å². The van der Waals surface area contributed by atoms with Crippen LogP contribution in [0.15, 0.2) is 40.6 Å². The van der Waals surface area contributed by atoms with Crippen molar-refractivity contribution in [3.63, 3.8) is 0 Å². The van der Waals surface area contributed by atoms with Gasteiger partial charge < -0.3 is 14.8 Å². The molecule has 7 nitrogen and oxygen atoms in total. The van der Waals surface area contributed by atoms with Gasteiger partial charge in [0.25, 0.3) is 0 Å². The summed E-state index contributed by atoms with van der Waals surface area (Å²) in [7, 11) is -1.13. The van der Waals surface area contributed by atoms with E-state index in [0.717, 1.165) is 18.4 Å². The quantitative estimate of drug-likeness (QED) is 0.585. The minimum Gasteiger partial charge on any atom is -0.481 e. The molecule has 0 aliphatic carbocycles. The number of hydrogen-bond acceptors (Lipinski definition) is 8. The number of hydrogen-bond donors (Lipinski definition) is 1. The molecular formula is C18H16F3N3O4S2. The molecule has 0 aliphatic rings. The fraction of sp³-hybridized carbons (Fsp3) is 0.222. The van der Waals surface area contributed by atoms with Crippen molar-refractivity contribution in [2.45, 2.75) is 11.1 Å². The summed E-state index contributed by atoms with van der Waals surface area (Å²) in [5.41, 5.74) is -0.00685. The SMILES string of the molecule is COc1cc(-c2csc(Nc3ccc(S(C)(=O)=O)c(C(F)(F)F)c3)n2)cc(OC)n1. The molecule has 0 saturated carbocycles. The van der Waals surface area contributed by atoms with Crippen LogP contribution in [0.25, 0.3) is 11.3 Å². The molecule has 3 rings (SSSR count). The summed E-state index contributed by atoms with van der Waals surface area (Å²) in [6, 6.07) is 6.21. The summed E-state index contributed by atoms with van der Waals surface area (Å²) in [5.74, 6) is 0.635. The van der Waals surface area contributed by atoms with E-state index in [2.05, 4.69) is 15.3 Å². The fourth-order valence-electron chi connectivity index (χ4n) is 2.58. The van der Waals surface area contributed by atoms with E-state index in [1.165, 1.54) is 31.6 Å². The first-order valence-corrected chi connectivity index (χ1v) is 11.0. The second-order valence-corrected chi connectivity index (χ2v) is 8.93. The number of pyridine rings is 1. The lowest BCUT2D eigenvalue weighted by molar-refractivity contribution is -0.139. The Morgan fingerprint density at radius 3 is 2.20 bits per heavy atom. The summed E-state index contributed by atoms with van der Waals surface area (Å²) >= 11 is 1.17. The first kappa shape index (κ1) is 21.8. The number of ether oxygens (including phenoxy) is 2. The predicted octanol–water partition coefficient (Wildman–Crippen LogP) is 4.39. The molecule has 0 fully saturated rings. The Labute approximate surface area is 174 Å². The van der Waals surface area contributed by atoms with Crippen molar-refractivity contribution < 1.29 is 31.1 Å². The number of methoxy groups -OCH3 is 2. The Balaban J connectivity index is 1.93. The van der Waals surface area contributed by atoms with Gasteiger partial charge >= 0.3 is 6.18 Å². The van der Waals surface area contributed by atoms with Gasteiger partial charge in [-0.25, -0.2) is 13.4 Å². The molecule has 0 radical (unpaired) electrons. The van der Waals surface area contributed by atoms with Crippen LogP contribution in [0.4, 0.5) is 24.0 Å². The number of rotatable bonds is 6. The lowest BCUT2D eigenvalue weighted by Gasteiger charge is -2.13. The number of aromatic nitrogens is 2. The van der Waals surface area contributed by atoms with Gasteiger partial charge in [0.05, 0.1) is 30.4 Å². The average molecular weight is 459 g/mol. The number of sulfone groups is 1. The second kappa shape index (κ2) is 8.11. The van der Waals surface area contributed by atoms with Crippen molar-refractivity contribution in [1.29, 1.82) is 0 Å². The van der Waals surface area contributed by atoms with Crippen LogP contribution < -0.4 is 14.8 Å². The lowest BCUT2D eigenvalue weighted by Crippen LogP contribution is -2.13. The smallest absolute Gasteiger partial charge is 0.417 e. The maximum absolute atomic E-state index is 13.3. The highest BCUT2D eigenvalue weighted by atomic mass is 32.2. The van der Waals surface area contributed by atoms with Crippen LogP contribution in [0.5, 0.6) is 11.8 Å². The molecule has 0 spiro atoms. The summed E-state index contributed by atoms with van der Waals surface area (Å²) in [5, 5.41) is 4.80. The number of halogens is 3. The zero-order valence-corrected chi connectivity index (χ0v) is 17.6. The Hall–Kier alpha value is -2.86. The van der Waals surface area contributed by atoms with E-state index < -0.39 is 26.5 Å². The van der Waals surface area contributed by atoms with Crippen LogP contribution >= 0.6 is 11.3 Å². The summed E-state index contributed by atoms with van der Waals surface area (Å²) in [6.45, 7) is 0. The minimum absolute atomic E-state index is 0.0560. The van der Waals surface area contributed by atoms with Crippen molar-refractivity contribution in [1.82, 2.24) is 9.97 Å². The minimum atomic E-state index is -4.83. The Morgan fingerprint density at radius 2 is 1.67 bits per heavy atom. The largest absolute Gasteiger partial charge is 0.481 e. The zero-order chi connectivity index (χ0) is 22.1. The Bertz CT molecular complexity index is 1160. The zero-order valence-electron chi connectivity index (χ0n) is 15.9. The third kappa shape index (κ3) is 4.82. The van der Waals surface area contributed by atoms with Crippen molar-refractivity contribution >= 4 is 32.0 Å². The molecule has 1 aromatic carbocycles. The predicted molar refractivity (Wildman–Crippen MR) is 106 cm³/mol.